The Balaban J connectivity index is 2.22. The van der Waals surface area contributed by atoms with Gasteiger partial charge in [0.25, 0.3) is 5.69 Å². The van der Waals surface area contributed by atoms with Crippen molar-refractivity contribution in [2.75, 3.05) is 0 Å². The van der Waals surface area contributed by atoms with E-state index in [-0.39, 0.29) is 11.3 Å². The van der Waals surface area contributed by atoms with E-state index < -0.39 is 11.5 Å². The molecule has 2 aromatic rings. The highest BCUT2D eigenvalue weighted by molar-refractivity contribution is 5.46. The molecule has 1 N–H and O–H groups in total. The number of aliphatic hydroxyl groups excluding tert-OH is 1. The van der Waals surface area contributed by atoms with Crippen molar-refractivity contribution in [3.05, 3.63) is 63.7 Å². The van der Waals surface area contributed by atoms with Gasteiger partial charge < -0.3 is 9.84 Å². The third kappa shape index (κ3) is 3.13. The van der Waals surface area contributed by atoms with E-state index in [9.17, 15) is 10.1 Å². The summed E-state index contributed by atoms with van der Waals surface area (Å²) in [5, 5.41) is 19.9. The highest BCUT2D eigenvalue weighted by Gasteiger charge is 2.13. The van der Waals surface area contributed by atoms with Crippen molar-refractivity contribution in [3.8, 4) is 11.5 Å². The van der Waals surface area contributed by atoms with Gasteiger partial charge >= 0.3 is 0 Å². The van der Waals surface area contributed by atoms with E-state index in [0.29, 0.717) is 11.5 Å². The van der Waals surface area contributed by atoms with Crippen LogP contribution >= 0.6 is 0 Å². The van der Waals surface area contributed by atoms with Gasteiger partial charge in [-0.15, -0.1) is 0 Å². The number of benzene rings is 2. The largest absolute Gasteiger partial charge is 0.457 e. The molecule has 0 aliphatic rings. The molecule has 0 heterocycles. The number of nitrogens with zero attached hydrogens (tertiary/aromatic N) is 1. The van der Waals surface area contributed by atoms with Crippen LogP contribution in [-0.2, 0) is 13.0 Å². The second-order valence-electron chi connectivity index (χ2n) is 4.31. The van der Waals surface area contributed by atoms with Crippen LogP contribution in [0.2, 0.25) is 0 Å². The smallest absolute Gasteiger partial charge is 0.275 e. The predicted octanol–water partition coefficient (Wildman–Crippen LogP) is 3.44. The molecule has 20 heavy (non-hydrogen) atoms. The summed E-state index contributed by atoms with van der Waals surface area (Å²) in [5.74, 6) is 1.11. The van der Waals surface area contributed by atoms with Gasteiger partial charge in [-0.25, -0.2) is 0 Å². The summed E-state index contributed by atoms with van der Waals surface area (Å²) in [6, 6.07) is 12.0. The Labute approximate surface area is 116 Å². The second-order valence-corrected chi connectivity index (χ2v) is 4.31. The SMILES string of the molecule is CCc1ccc(Oc2ccc([N+](=O)[O-])c(CO)c2)cc1. The number of aliphatic hydroxyl groups is 1. The zero-order chi connectivity index (χ0) is 14.5. The van der Waals surface area contributed by atoms with E-state index >= 15 is 0 Å². The monoisotopic (exact) mass is 273 g/mol. The fraction of sp³-hybridized carbons (Fsp3) is 0.200. The number of hydrogen-bond acceptors (Lipinski definition) is 4. The van der Waals surface area contributed by atoms with E-state index in [4.69, 9.17) is 9.84 Å². The van der Waals surface area contributed by atoms with Crippen LogP contribution in [0.4, 0.5) is 5.69 Å². The fourth-order valence-electron chi connectivity index (χ4n) is 1.86. The lowest BCUT2D eigenvalue weighted by Crippen LogP contribution is -1.96. The Morgan fingerprint density at radius 2 is 1.80 bits per heavy atom. The third-order valence-corrected chi connectivity index (χ3v) is 2.99. The first-order valence-electron chi connectivity index (χ1n) is 6.29. The Morgan fingerprint density at radius 1 is 1.15 bits per heavy atom. The molecule has 0 amide bonds. The Kier molecular flexibility index (Phi) is 4.32. The van der Waals surface area contributed by atoms with Crippen LogP contribution in [0.25, 0.3) is 0 Å². The van der Waals surface area contributed by atoms with E-state index in [1.807, 2.05) is 24.3 Å². The topological polar surface area (TPSA) is 72.6 Å². The van der Waals surface area contributed by atoms with Crippen molar-refractivity contribution in [1.82, 2.24) is 0 Å². The number of aryl methyl sites for hydroxylation is 1. The van der Waals surface area contributed by atoms with Gasteiger partial charge in [-0.2, -0.15) is 0 Å². The normalized spacial score (nSPS) is 10.3. The average Bonchev–Trinajstić information content (AvgIpc) is 2.47. The lowest BCUT2D eigenvalue weighted by Gasteiger charge is -2.08. The van der Waals surface area contributed by atoms with Crippen LogP contribution in [0.3, 0.4) is 0 Å². The first-order valence-corrected chi connectivity index (χ1v) is 6.29. The Morgan fingerprint density at radius 3 is 2.35 bits per heavy atom. The molecule has 0 spiro atoms. The minimum Gasteiger partial charge on any atom is -0.457 e. The molecule has 0 bridgehead atoms. The van der Waals surface area contributed by atoms with E-state index in [1.165, 1.54) is 23.8 Å². The summed E-state index contributed by atoms with van der Waals surface area (Å²) in [7, 11) is 0. The maximum absolute atomic E-state index is 10.8. The van der Waals surface area contributed by atoms with Crippen molar-refractivity contribution in [1.29, 1.82) is 0 Å². The van der Waals surface area contributed by atoms with Crippen LogP contribution in [0.1, 0.15) is 18.1 Å². The van der Waals surface area contributed by atoms with Crippen LogP contribution in [0, 0.1) is 10.1 Å². The van der Waals surface area contributed by atoms with Gasteiger partial charge in [-0.3, -0.25) is 10.1 Å². The molecule has 5 nitrogen and oxygen atoms in total. The molecule has 0 aliphatic heterocycles. The van der Waals surface area contributed by atoms with Gasteiger partial charge in [0.05, 0.1) is 17.1 Å². The van der Waals surface area contributed by atoms with Gasteiger partial charge in [-0.05, 0) is 36.2 Å². The summed E-state index contributed by atoms with van der Waals surface area (Å²) >= 11 is 0. The number of nitro groups is 1. The number of rotatable bonds is 5. The highest BCUT2D eigenvalue weighted by atomic mass is 16.6. The summed E-state index contributed by atoms with van der Waals surface area (Å²) in [6.07, 6.45) is 0.951. The Hall–Kier alpha value is -2.40. The maximum Gasteiger partial charge on any atom is 0.275 e. The minimum atomic E-state index is -0.522. The van der Waals surface area contributed by atoms with E-state index in [2.05, 4.69) is 6.92 Å². The van der Waals surface area contributed by atoms with Gasteiger partial charge in [0.2, 0.25) is 0 Å². The number of nitro benzene ring substituents is 1. The molecule has 5 heteroatoms. The lowest BCUT2D eigenvalue weighted by molar-refractivity contribution is -0.385. The van der Waals surface area contributed by atoms with Crippen LogP contribution in [-0.4, -0.2) is 10.0 Å². The van der Waals surface area contributed by atoms with Crippen molar-refractivity contribution >= 4 is 5.69 Å². The minimum absolute atomic E-state index is 0.110. The van der Waals surface area contributed by atoms with Crippen LogP contribution in [0.15, 0.2) is 42.5 Å². The summed E-state index contributed by atoms with van der Waals surface area (Å²) < 4.78 is 5.62. The molecule has 0 aromatic heterocycles. The third-order valence-electron chi connectivity index (χ3n) is 2.99. The van der Waals surface area contributed by atoms with Crippen LogP contribution in [0.5, 0.6) is 11.5 Å². The standard InChI is InChI=1S/C15H15NO4/c1-2-11-3-5-13(6-4-11)20-14-7-8-15(16(18)19)12(9-14)10-17/h3-9,17H,2,10H2,1H3. The molecule has 0 unspecified atom stereocenters. The summed E-state index contributed by atoms with van der Waals surface area (Å²) in [4.78, 5) is 10.3. The van der Waals surface area contributed by atoms with Crippen LogP contribution < -0.4 is 4.74 Å². The first-order chi connectivity index (χ1) is 9.63. The zero-order valence-corrected chi connectivity index (χ0v) is 11.1. The number of ether oxygens (including phenoxy) is 1. The molecule has 0 aliphatic carbocycles. The molecule has 0 fully saturated rings. The lowest BCUT2D eigenvalue weighted by atomic mass is 10.1. The number of hydrogen-bond donors (Lipinski definition) is 1. The van der Waals surface area contributed by atoms with Crippen molar-refractivity contribution < 1.29 is 14.8 Å². The Bertz CT molecular complexity index is 608. The van der Waals surface area contributed by atoms with E-state index in [0.717, 1.165) is 6.42 Å². The van der Waals surface area contributed by atoms with Crippen molar-refractivity contribution in [2.45, 2.75) is 20.0 Å². The molecule has 2 aromatic carbocycles. The second kappa shape index (κ2) is 6.16. The van der Waals surface area contributed by atoms with Crippen molar-refractivity contribution in [2.24, 2.45) is 0 Å². The fourth-order valence-corrected chi connectivity index (χ4v) is 1.86. The van der Waals surface area contributed by atoms with Gasteiger partial charge in [-0.1, -0.05) is 19.1 Å². The molecular formula is C15H15NO4. The highest BCUT2D eigenvalue weighted by Crippen LogP contribution is 2.27. The summed E-state index contributed by atoms with van der Waals surface area (Å²) in [6.45, 7) is 1.67. The van der Waals surface area contributed by atoms with Gasteiger partial charge in [0.1, 0.15) is 11.5 Å². The summed E-state index contributed by atoms with van der Waals surface area (Å²) in [5.41, 5.74) is 1.33. The molecule has 0 saturated carbocycles. The first kappa shape index (κ1) is 14.0. The van der Waals surface area contributed by atoms with Gasteiger partial charge in [0.15, 0.2) is 0 Å². The zero-order valence-electron chi connectivity index (χ0n) is 11.1. The average molecular weight is 273 g/mol. The maximum atomic E-state index is 10.8. The quantitative estimate of drug-likeness (QED) is 0.669. The molecule has 0 atom stereocenters. The molecular weight excluding hydrogens is 258 g/mol. The molecule has 2 rings (SSSR count). The van der Waals surface area contributed by atoms with E-state index in [1.54, 1.807) is 0 Å². The molecule has 0 saturated heterocycles. The van der Waals surface area contributed by atoms with Crippen molar-refractivity contribution in [3.63, 3.8) is 0 Å². The molecule has 0 radical (unpaired) electrons. The molecule has 104 valence electrons. The van der Waals surface area contributed by atoms with Gasteiger partial charge in [0, 0.05) is 6.07 Å². The predicted molar refractivity (Wildman–Crippen MR) is 74.9 cm³/mol.